The van der Waals surface area contributed by atoms with E-state index in [9.17, 15) is 22.4 Å². The summed E-state index contributed by atoms with van der Waals surface area (Å²) in [5.74, 6) is 1.47. The van der Waals surface area contributed by atoms with Crippen LogP contribution < -0.4 is 5.32 Å². The predicted molar refractivity (Wildman–Crippen MR) is 134 cm³/mol. The summed E-state index contributed by atoms with van der Waals surface area (Å²) in [4.78, 5) is 23.3. The molecule has 0 radical (unpaired) electrons. The molecule has 0 bridgehead atoms. The topological polar surface area (TPSA) is 58.1 Å². The van der Waals surface area contributed by atoms with Gasteiger partial charge < -0.3 is 10.2 Å². The van der Waals surface area contributed by atoms with Crippen molar-refractivity contribution < 1.29 is 22.4 Å². The summed E-state index contributed by atoms with van der Waals surface area (Å²) in [5.41, 5.74) is 1.72. The fourth-order valence-corrected chi connectivity index (χ4v) is 5.44. The number of halogens is 4. The highest BCUT2D eigenvalue weighted by Crippen LogP contribution is 2.39. The zero-order chi connectivity index (χ0) is 26.3. The van der Waals surface area contributed by atoms with Gasteiger partial charge in [0, 0.05) is 17.3 Å². The Morgan fingerprint density at radius 1 is 1.05 bits per heavy atom. The quantitative estimate of drug-likeness (QED) is 0.391. The fraction of sp³-hybridized carbons (Fsp3) is 0.464. The van der Waals surface area contributed by atoms with Gasteiger partial charge in [-0.2, -0.15) is 13.2 Å². The molecular formula is C28H30F4N4O. The van der Waals surface area contributed by atoms with Crippen LogP contribution in [0.5, 0.6) is 0 Å². The number of benzene rings is 2. The van der Waals surface area contributed by atoms with Crippen LogP contribution in [0.1, 0.15) is 67.1 Å². The molecule has 1 N–H and O–H groups in total. The first kappa shape index (κ1) is 25.4. The van der Waals surface area contributed by atoms with Crippen molar-refractivity contribution in [2.75, 3.05) is 18.4 Å². The summed E-state index contributed by atoms with van der Waals surface area (Å²) < 4.78 is 52.8. The lowest BCUT2D eigenvalue weighted by molar-refractivity contribution is -0.143. The minimum absolute atomic E-state index is 0.0410. The number of hydrogen-bond acceptors (Lipinski definition) is 4. The third-order valence-electron chi connectivity index (χ3n) is 7.60. The molecule has 196 valence electrons. The third-order valence-corrected chi connectivity index (χ3v) is 7.60. The van der Waals surface area contributed by atoms with Gasteiger partial charge in [-0.25, -0.2) is 14.4 Å². The number of rotatable bonds is 5. The van der Waals surface area contributed by atoms with Crippen LogP contribution in [0.3, 0.4) is 0 Å². The molecular weight excluding hydrogens is 484 g/mol. The SMILES string of the molecule is Cc1nc(N[C@H](C)c2cccc(C(F)(F)F)c2)c2cc(C3CCC(C(=O)N4CC(F)C4)CC3)ccc2n1. The molecule has 1 aliphatic carbocycles. The lowest BCUT2D eigenvalue weighted by Gasteiger charge is -2.38. The molecule has 2 heterocycles. The Labute approximate surface area is 213 Å². The molecule has 1 atom stereocenters. The van der Waals surface area contributed by atoms with Gasteiger partial charge in [0.1, 0.15) is 17.8 Å². The highest BCUT2D eigenvalue weighted by molar-refractivity contribution is 5.90. The molecule has 1 amide bonds. The van der Waals surface area contributed by atoms with Gasteiger partial charge in [0.15, 0.2) is 0 Å². The molecule has 5 rings (SSSR count). The maximum atomic E-state index is 13.2. The van der Waals surface area contributed by atoms with E-state index >= 15 is 0 Å². The standard InChI is InChI=1S/C28H30F4N4O/c1-16(20-4-3-5-22(12-20)28(30,31)32)33-26-24-13-21(10-11-25(24)34-17(2)35-26)18-6-8-19(9-7-18)27(37)36-14-23(29)15-36/h3-5,10-13,16,18-19,23H,6-9,14-15H2,1-2H3,(H,33,34,35)/t16-,18?,19?/m1/s1. The van der Waals surface area contributed by atoms with E-state index in [2.05, 4.69) is 27.4 Å². The van der Waals surface area contributed by atoms with Gasteiger partial charge in [-0.3, -0.25) is 4.79 Å². The van der Waals surface area contributed by atoms with Crippen LogP contribution in [0.4, 0.5) is 23.4 Å². The molecule has 1 saturated heterocycles. The van der Waals surface area contributed by atoms with Crippen molar-refractivity contribution in [2.45, 2.75) is 63.8 Å². The van der Waals surface area contributed by atoms with Gasteiger partial charge in [0.25, 0.3) is 0 Å². The Hall–Kier alpha value is -3.23. The summed E-state index contributed by atoms with van der Waals surface area (Å²) in [5, 5.41) is 4.12. The summed E-state index contributed by atoms with van der Waals surface area (Å²) >= 11 is 0. The molecule has 2 aliphatic rings. The predicted octanol–water partition coefficient (Wildman–Crippen LogP) is 6.58. The molecule has 3 aromatic rings. The van der Waals surface area contributed by atoms with Crippen molar-refractivity contribution in [3.8, 4) is 0 Å². The molecule has 1 aliphatic heterocycles. The number of nitrogens with one attached hydrogen (secondary N) is 1. The Morgan fingerprint density at radius 3 is 2.46 bits per heavy atom. The van der Waals surface area contributed by atoms with Crippen LogP contribution in [-0.2, 0) is 11.0 Å². The molecule has 1 saturated carbocycles. The van der Waals surface area contributed by atoms with Gasteiger partial charge in [-0.1, -0.05) is 18.2 Å². The van der Waals surface area contributed by atoms with Crippen molar-refractivity contribution in [2.24, 2.45) is 5.92 Å². The van der Waals surface area contributed by atoms with Crippen molar-refractivity contribution in [3.05, 3.63) is 65.0 Å². The van der Waals surface area contributed by atoms with E-state index in [-0.39, 0.29) is 30.8 Å². The van der Waals surface area contributed by atoms with E-state index in [4.69, 9.17) is 0 Å². The molecule has 9 heteroatoms. The molecule has 0 spiro atoms. The first-order valence-electron chi connectivity index (χ1n) is 12.7. The summed E-state index contributed by atoms with van der Waals surface area (Å²) in [6.45, 7) is 4.04. The second-order valence-corrected chi connectivity index (χ2v) is 10.3. The number of aryl methyl sites for hydroxylation is 1. The highest BCUT2D eigenvalue weighted by Gasteiger charge is 2.36. The van der Waals surface area contributed by atoms with E-state index < -0.39 is 24.0 Å². The number of likely N-dealkylation sites (tertiary alicyclic amines) is 1. The second-order valence-electron chi connectivity index (χ2n) is 10.3. The van der Waals surface area contributed by atoms with Gasteiger partial charge in [0.2, 0.25) is 5.91 Å². The van der Waals surface area contributed by atoms with Gasteiger partial charge in [-0.15, -0.1) is 0 Å². The number of aromatic nitrogens is 2. The minimum Gasteiger partial charge on any atom is -0.363 e. The zero-order valence-electron chi connectivity index (χ0n) is 20.9. The number of anilines is 1. The Balaban J connectivity index is 1.34. The number of hydrogen-bond donors (Lipinski definition) is 1. The van der Waals surface area contributed by atoms with Crippen LogP contribution in [0, 0.1) is 12.8 Å². The smallest absolute Gasteiger partial charge is 0.363 e. The van der Waals surface area contributed by atoms with Crippen LogP contribution in [-0.4, -0.2) is 40.0 Å². The summed E-state index contributed by atoms with van der Waals surface area (Å²) in [6.07, 6.45) is -2.01. The third kappa shape index (κ3) is 5.40. The summed E-state index contributed by atoms with van der Waals surface area (Å²) in [6, 6.07) is 11.0. The number of carbonyl (C=O) groups is 1. The van der Waals surface area contributed by atoms with Crippen LogP contribution >= 0.6 is 0 Å². The number of alkyl halides is 4. The lowest BCUT2D eigenvalue weighted by atomic mass is 9.77. The average Bonchev–Trinajstić information content (AvgIpc) is 2.86. The van der Waals surface area contributed by atoms with Crippen molar-refractivity contribution >= 4 is 22.6 Å². The van der Waals surface area contributed by atoms with E-state index in [1.54, 1.807) is 17.9 Å². The Morgan fingerprint density at radius 2 is 1.78 bits per heavy atom. The molecule has 5 nitrogen and oxygen atoms in total. The van der Waals surface area contributed by atoms with E-state index in [0.29, 0.717) is 17.2 Å². The molecule has 37 heavy (non-hydrogen) atoms. The largest absolute Gasteiger partial charge is 0.416 e. The van der Waals surface area contributed by atoms with Gasteiger partial charge in [0.05, 0.1) is 24.2 Å². The maximum absolute atomic E-state index is 13.2. The fourth-order valence-electron chi connectivity index (χ4n) is 5.44. The highest BCUT2D eigenvalue weighted by atomic mass is 19.4. The number of nitrogens with zero attached hydrogens (tertiary/aromatic N) is 3. The zero-order valence-corrected chi connectivity index (χ0v) is 20.9. The van der Waals surface area contributed by atoms with Crippen molar-refractivity contribution in [3.63, 3.8) is 0 Å². The van der Waals surface area contributed by atoms with E-state index in [1.807, 2.05) is 13.0 Å². The second kappa shape index (κ2) is 9.91. The first-order chi connectivity index (χ1) is 17.6. The average molecular weight is 515 g/mol. The number of fused-ring (bicyclic) bond motifs is 1. The maximum Gasteiger partial charge on any atom is 0.416 e. The van der Waals surface area contributed by atoms with Crippen molar-refractivity contribution in [1.82, 2.24) is 14.9 Å². The molecule has 0 unspecified atom stereocenters. The van der Waals surface area contributed by atoms with Crippen LogP contribution in [0.2, 0.25) is 0 Å². The number of carbonyl (C=O) groups excluding carboxylic acids is 1. The number of amides is 1. The Bertz CT molecular complexity index is 1300. The van der Waals surface area contributed by atoms with Crippen LogP contribution in [0.15, 0.2) is 42.5 Å². The van der Waals surface area contributed by atoms with Gasteiger partial charge in [-0.05, 0) is 80.8 Å². The van der Waals surface area contributed by atoms with E-state index in [1.165, 1.54) is 6.07 Å². The monoisotopic (exact) mass is 514 g/mol. The Kier molecular flexibility index (Phi) is 6.81. The molecule has 1 aromatic heterocycles. The molecule has 2 aromatic carbocycles. The summed E-state index contributed by atoms with van der Waals surface area (Å²) in [7, 11) is 0. The minimum atomic E-state index is -4.41. The van der Waals surface area contributed by atoms with Crippen molar-refractivity contribution in [1.29, 1.82) is 0 Å². The lowest BCUT2D eigenvalue weighted by Crippen LogP contribution is -2.53. The molecule has 2 fully saturated rings. The van der Waals surface area contributed by atoms with Crippen LogP contribution in [0.25, 0.3) is 10.9 Å². The van der Waals surface area contributed by atoms with E-state index in [0.717, 1.165) is 54.3 Å². The first-order valence-corrected chi connectivity index (χ1v) is 12.7. The normalized spacial score (nSPS) is 21.5. The van der Waals surface area contributed by atoms with Gasteiger partial charge >= 0.3 is 6.18 Å².